The van der Waals surface area contributed by atoms with E-state index in [0.717, 1.165) is 37.4 Å². The van der Waals surface area contributed by atoms with Gasteiger partial charge in [-0.1, -0.05) is 29.3 Å². The van der Waals surface area contributed by atoms with Crippen molar-refractivity contribution in [2.75, 3.05) is 38.1 Å². The van der Waals surface area contributed by atoms with E-state index in [1.54, 1.807) is 6.92 Å². The molecule has 0 N–H and O–H groups in total. The highest BCUT2D eigenvalue weighted by Crippen LogP contribution is 2.13. The van der Waals surface area contributed by atoms with Crippen molar-refractivity contribution in [1.29, 1.82) is 0 Å². The molecule has 4 heteroatoms. The van der Waals surface area contributed by atoms with Gasteiger partial charge in [0, 0.05) is 45.0 Å². The smallest absolute Gasteiger partial charge is 0.219 e. The lowest BCUT2D eigenvalue weighted by Crippen LogP contribution is -2.49. The SMILES string of the molecule is CCCC(CBr)CN1CCN(C(C)=O)CC1. The molecule has 0 aromatic rings. The Morgan fingerprint density at radius 1 is 1.31 bits per heavy atom. The molecular weight excluding hydrogens is 268 g/mol. The average molecular weight is 291 g/mol. The topological polar surface area (TPSA) is 23.6 Å². The first-order valence-corrected chi connectivity index (χ1v) is 7.33. The van der Waals surface area contributed by atoms with Crippen molar-refractivity contribution < 1.29 is 4.79 Å². The molecular formula is C12H23BrN2O. The first-order chi connectivity index (χ1) is 7.67. The van der Waals surface area contributed by atoms with Gasteiger partial charge in [-0.15, -0.1) is 0 Å². The van der Waals surface area contributed by atoms with Crippen LogP contribution in [0.25, 0.3) is 0 Å². The van der Waals surface area contributed by atoms with E-state index in [-0.39, 0.29) is 5.91 Å². The number of amides is 1. The Morgan fingerprint density at radius 2 is 1.94 bits per heavy atom. The molecule has 1 rings (SSSR count). The Labute approximate surface area is 107 Å². The van der Waals surface area contributed by atoms with E-state index in [0.29, 0.717) is 0 Å². The highest BCUT2D eigenvalue weighted by molar-refractivity contribution is 9.09. The minimum absolute atomic E-state index is 0.213. The minimum atomic E-state index is 0.213. The molecule has 1 atom stereocenters. The van der Waals surface area contributed by atoms with Gasteiger partial charge in [0.15, 0.2) is 0 Å². The fourth-order valence-electron chi connectivity index (χ4n) is 2.24. The van der Waals surface area contributed by atoms with Crippen LogP contribution in [-0.4, -0.2) is 53.8 Å². The molecule has 1 aliphatic rings. The summed E-state index contributed by atoms with van der Waals surface area (Å²) in [6, 6.07) is 0. The fourth-order valence-corrected chi connectivity index (χ4v) is 2.76. The summed E-state index contributed by atoms with van der Waals surface area (Å²) in [6.07, 6.45) is 2.54. The highest BCUT2D eigenvalue weighted by Gasteiger charge is 2.20. The lowest BCUT2D eigenvalue weighted by Gasteiger charge is -2.35. The number of halogens is 1. The number of carbonyl (C=O) groups excluding carboxylic acids is 1. The van der Waals surface area contributed by atoms with Crippen molar-refractivity contribution in [3.63, 3.8) is 0 Å². The van der Waals surface area contributed by atoms with Gasteiger partial charge in [-0.2, -0.15) is 0 Å². The Morgan fingerprint density at radius 3 is 2.38 bits per heavy atom. The second-order valence-corrected chi connectivity index (χ2v) is 5.26. The van der Waals surface area contributed by atoms with Crippen LogP contribution in [-0.2, 0) is 4.79 Å². The van der Waals surface area contributed by atoms with E-state index in [1.807, 2.05) is 4.90 Å². The van der Waals surface area contributed by atoms with Gasteiger partial charge in [0.25, 0.3) is 0 Å². The van der Waals surface area contributed by atoms with Crippen LogP contribution in [0.15, 0.2) is 0 Å². The second-order valence-electron chi connectivity index (χ2n) is 4.62. The number of hydrogen-bond donors (Lipinski definition) is 0. The van der Waals surface area contributed by atoms with Crippen molar-refractivity contribution in [2.45, 2.75) is 26.7 Å². The molecule has 0 saturated carbocycles. The molecule has 0 aliphatic carbocycles. The van der Waals surface area contributed by atoms with E-state index in [1.165, 1.54) is 19.4 Å². The minimum Gasteiger partial charge on any atom is -0.340 e. The monoisotopic (exact) mass is 290 g/mol. The summed E-state index contributed by atoms with van der Waals surface area (Å²) in [5.74, 6) is 0.971. The molecule has 16 heavy (non-hydrogen) atoms. The van der Waals surface area contributed by atoms with Crippen LogP contribution in [0.2, 0.25) is 0 Å². The van der Waals surface area contributed by atoms with Crippen molar-refractivity contribution in [1.82, 2.24) is 9.80 Å². The predicted molar refractivity (Wildman–Crippen MR) is 70.9 cm³/mol. The third-order valence-corrected chi connectivity index (χ3v) is 4.16. The lowest BCUT2D eigenvalue weighted by atomic mass is 10.1. The van der Waals surface area contributed by atoms with Gasteiger partial charge >= 0.3 is 0 Å². The normalized spacial score (nSPS) is 19.8. The molecule has 1 amide bonds. The third-order valence-electron chi connectivity index (χ3n) is 3.25. The zero-order valence-electron chi connectivity index (χ0n) is 10.4. The quantitative estimate of drug-likeness (QED) is 0.723. The zero-order valence-corrected chi connectivity index (χ0v) is 12.0. The molecule has 0 spiro atoms. The van der Waals surface area contributed by atoms with E-state index in [4.69, 9.17) is 0 Å². The Kier molecular flexibility index (Phi) is 6.36. The van der Waals surface area contributed by atoms with Gasteiger partial charge in [0.1, 0.15) is 0 Å². The highest BCUT2D eigenvalue weighted by atomic mass is 79.9. The van der Waals surface area contributed by atoms with Crippen molar-refractivity contribution in [2.24, 2.45) is 5.92 Å². The molecule has 1 heterocycles. The van der Waals surface area contributed by atoms with Crippen LogP contribution < -0.4 is 0 Å². The van der Waals surface area contributed by atoms with Crippen molar-refractivity contribution in [3.8, 4) is 0 Å². The number of piperazine rings is 1. The van der Waals surface area contributed by atoms with Gasteiger partial charge < -0.3 is 4.90 Å². The predicted octanol–water partition coefficient (Wildman–Crippen LogP) is 1.96. The largest absolute Gasteiger partial charge is 0.340 e. The maximum absolute atomic E-state index is 11.2. The van der Waals surface area contributed by atoms with Crippen LogP contribution in [0.5, 0.6) is 0 Å². The van der Waals surface area contributed by atoms with Crippen LogP contribution in [0, 0.1) is 5.92 Å². The first-order valence-electron chi connectivity index (χ1n) is 6.21. The van der Waals surface area contributed by atoms with Crippen molar-refractivity contribution >= 4 is 21.8 Å². The summed E-state index contributed by atoms with van der Waals surface area (Å²) in [7, 11) is 0. The van der Waals surface area contributed by atoms with E-state index in [9.17, 15) is 4.79 Å². The molecule has 1 aliphatic heterocycles. The zero-order chi connectivity index (χ0) is 12.0. The summed E-state index contributed by atoms with van der Waals surface area (Å²) in [4.78, 5) is 15.6. The summed E-state index contributed by atoms with van der Waals surface area (Å²) >= 11 is 3.59. The molecule has 1 unspecified atom stereocenters. The third kappa shape index (κ3) is 4.42. The van der Waals surface area contributed by atoms with Crippen LogP contribution >= 0.6 is 15.9 Å². The molecule has 1 saturated heterocycles. The van der Waals surface area contributed by atoms with Gasteiger partial charge in [-0.3, -0.25) is 9.69 Å². The maximum Gasteiger partial charge on any atom is 0.219 e. The summed E-state index contributed by atoms with van der Waals surface area (Å²) in [5.41, 5.74) is 0. The number of rotatable bonds is 5. The number of alkyl halides is 1. The molecule has 3 nitrogen and oxygen atoms in total. The van der Waals surface area contributed by atoms with E-state index >= 15 is 0 Å². The second kappa shape index (κ2) is 7.28. The Balaban J connectivity index is 2.28. The van der Waals surface area contributed by atoms with Gasteiger partial charge in [0.2, 0.25) is 5.91 Å². The summed E-state index contributed by atoms with van der Waals surface area (Å²) < 4.78 is 0. The van der Waals surface area contributed by atoms with Crippen molar-refractivity contribution in [3.05, 3.63) is 0 Å². The van der Waals surface area contributed by atoms with Crippen LogP contribution in [0.4, 0.5) is 0 Å². The molecule has 0 radical (unpaired) electrons. The van der Waals surface area contributed by atoms with E-state index < -0.39 is 0 Å². The molecule has 0 bridgehead atoms. The van der Waals surface area contributed by atoms with Crippen LogP contribution in [0.3, 0.4) is 0 Å². The number of hydrogen-bond acceptors (Lipinski definition) is 2. The van der Waals surface area contributed by atoms with Gasteiger partial charge in [0.05, 0.1) is 0 Å². The summed E-state index contributed by atoms with van der Waals surface area (Å²) in [6.45, 7) is 8.94. The molecule has 1 fully saturated rings. The molecule has 94 valence electrons. The Hall–Kier alpha value is -0.0900. The molecule has 0 aromatic heterocycles. The number of carbonyl (C=O) groups is 1. The lowest BCUT2D eigenvalue weighted by molar-refractivity contribution is -0.130. The first kappa shape index (κ1) is 14.0. The molecule has 0 aromatic carbocycles. The Bertz CT molecular complexity index is 215. The maximum atomic E-state index is 11.2. The van der Waals surface area contributed by atoms with E-state index in [2.05, 4.69) is 27.8 Å². The van der Waals surface area contributed by atoms with Crippen LogP contribution in [0.1, 0.15) is 26.7 Å². The van der Waals surface area contributed by atoms with Gasteiger partial charge in [-0.25, -0.2) is 0 Å². The standard InChI is InChI=1S/C12H23BrN2O/c1-3-4-12(9-13)10-14-5-7-15(8-6-14)11(2)16/h12H,3-10H2,1-2H3. The van der Waals surface area contributed by atoms with Gasteiger partial charge in [-0.05, 0) is 12.3 Å². The fraction of sp³-hybridized carbons (Fsp3) is 0.917. The number of nitrogens with zero attached hydrogens (tertiary/aromatic N) is 2. The average Bonchev–Trinajstić information content (AvgIpc) is 2.29. The summed E-state index contributed by atoms with van der Waals surface area (Å²) in [5, 5.41) is 1.09.